The number of aromatic nitrogens is 2. The third-order valence-electron chi connectivity index (χ3n) is 3.99. The molecule has 0 atom stereocenters. The number of hydrogen-bond donors (Lipinski definition) is 2. The Morgan fingerprint density at radius 3 is 2.28 bits per heavy atom. The van der Waals surface area contributed by atoms with E-state index in [0.717, 1.165) is 22.5 Å². The lowest BCUT2D eigenvalue weighted by atomic mass is 9.98. The maximum absolute atomic E-state index is 12.5. The molecule has 1 aromatic carbocycles. The van der Waals surface area contributed by atoms with Crippen LogP contribution in [-0.2, 0) is 4.79 Å². The first-order valence-electron chi connectivity index (χ1n) is 8.27. The van der Waals surface area contributed by atoms with Gasteiger partial charge in [-0.2, -0.15) is 5.10 Å². The number of carbonyl (C=O) groups excluding carboxylic acids is 1. The van der Waals surface area contributed by atoms with Crippen LogP contribution in [0.1, 0.15) is 54.0 Å². The Morgan fingerprint density at radius 2 is 1.72 bits per heavy atom. The van der Waals surface area contributed by atoms with Gasteiger partial charge in [-0.3, -0.25) is 9.59 Å². The average molecular weight is 343 g/mol. The highest BCUT2D eigenvalue weighted by Crippen LogP contribution is 2.17. The van der Waals surface area contributed by atoms with Crippen LogP contribution in [0.3, 0.4) is 0 Å². The van der Waals surface area contributed by atoms with Crippen molar-refractivity contribution in [1.29, 1.82) is 0 Å². The fourth-order valence-electron chi connectivity index (χ4n) is 2.77. The quantitative estimate of drug-likeness (QED) is 0.844. The highest BCUT2D eigenvalue weighted by atomic mass is 16.4. The van der Waals surface area contributed by atoms with E-state index in [1.54, 1.807) is 10.7 Å². The summed E-state index contributed by atoms with van der Waals surface area (Å²) in [6.07, 6.45) is 0.355. The second kappa shape index (κ2) is 7.09. The topological polar surface area (TPSA) is 84.2 Å². The van der Waals surface area contributed by atoms with E-state index in [2.05, 4.69) is 16.5 Å². The fourth-order valence-corrected chi connectivity index (χ4v) is 2.77. The normalized spacial score (nSPS) is 11.4. The summed E-state index contributed by atoms with van der Waals surface area (Å²) in [5.74, 6) is -1.18. The SMILES string of the molecule is Cc1cc(C)cc(-n2nc(C(=O)NC(C)(C)CCC(=O)O)cc2C)c1. The van der Waals surface area contributed by atoms with E-state index < -0.39 is 11.5 Å². The number of nitrogens with zero attached hydrogens (tertiary/aromatic N) is 2. The van der Waals surface area contributed by atoms with Gasteiger partial charge >= 0.3 is 5.97 Å². The van der Waals surface area contributed by atoms with Gasteiger partial charge in [0.15, 0.2) is 5.69 Å². The number of hydrogen-bond acceptors (Lipinski definition) is 3. The summed E-state index contributed by atoms with van der Waals surface area (Å²) in [5.41, 5.74) is 3.74. The summed E-state index contributed by atoms with van der Waals surface area (Å²) < 4.78 is 1.75. The standard InChI is InChI=1S/C19H25N3O3/c1-12-8-13(2)10-15(9-12)22-14(3)11-16(21-22)18(25)20-19(4,5)7-6-17(23)24/h8-11H,6-7H2,1-5H3,(H,20,25)(H,23,24). The van der Waals surface area contributed by atoms with Crippen molar-refractivity contribution in [2.75, 3.05) is 0 Å². The number of aryl methyl sites for hydroxylation is 3. The zero-order valence-corrected chi connectivity index (χ0v) is 15.4. The number of carboxylic acids is 1. The molecule has 1 heterocycles. The largest absolute Gasteiger partial charge is 0.481 e. The van der Waals surface area contributed by atoms with Gasteiger partial charge in [-0.15, -0.1) is 0 Å². The minimum atomic E-state index is -0.878. The van der Waals surface area contributed by atoms with E-state index in [0.29, 0.717) is 12.1 Å². The molecule has 0 radical (unpaired) electrons. The Hall–Kier alpha value is -2.63. The number of nitrogens with one attached hydrogen (secondary N) is 1. The summed E-state index contributed by atoms with van der Waals surface area (Å²) >= 11 is 0. The third kappa shape index (κ3) is 4.92. The summed E-state index contributed by atoms with van der Waals surface area (Å²) in [4.78, 5) is 23.2. The summed E-state index contributed by atoms with van der Waals surface area (Å²) in [7, 11) is 0. The lowest BCUT2D eigenvalue weighted by Gasteiger charge is -2.25. The lowest BCUT2D eigenvalue weighted by Crippen LogP contribution is -2.43. The predicted octanol–water partition coefficient (Wildman–Crippen LogP) is 3.17. The molecule has 0 spiro atoms. The van der Waals surface area contributed by atoms with E-state index in [1.165, 1.54) is 0 Å². The summed E-state index contributed by atoms with van der Waals surface area (Å²) in [6, 6.07) is 7.86. The van der Waals surface area contributed by atoms with Crippen molar-refractivity contribution in [3.8, 4) is 5.69 Å². The number of aliphatic carboxylic acids is 1. The van der Waals surface area contributed by atoms with Gasteiger partial charge in [0.25, 0.3) is 5.91 Å². The molecule has 134 valence electrons. The van der Waals surface area contributed by atoms with E-state index in [-0.39, 0.29) is 12.3 Å². The molecular formula is C19H25N3O3. The Morgan fingerprint density at radius 1 is 1.12 bits per heavy atom. The molecule has 1 aromatic heterocycles. The van der Waals surface area contributed by atoms with Crippen molar-refractivity contribution in [3.05, 3.63) is 46.8 Å². The molecule has 1 amide bonds. The molecule has 0 aliphatic heterocycles. The third-order valence-corrected chi connectivity index (χ3v) is 3.99. The molecule has 2 aromatic rings. The summed E-state index contributed by atoms with van der Waals surface area (Å²) in [5, 5.41) is 16.1. The minimum absolute atomic E-state index is 0.00329. The maximum Gasteiger partial charge on any atom is 0.303 e. The molecule has 6 heteroatoms. The van der Waals surface area contributed by atoms with Crippen LogP contribution in [0.4, 0.5) is 0 Å². The maximum atomic E-state index is 12.5. The molecule has 6 nitrogen and oxygen atoms in total. The molecular weight excluding hydrogens is 318 g/mol. The van der Waals surface area contributed by atoms with Gasteiger partial charge in [0, 0.05) is 17.7 Å². The monoisotopic (exact) mass is 343 g/mol. The number of carbonyl (C=O) groups is 2. The van der Waals surface area contributed by atoms with Gasteiger partial charge in [0.1, 0.15) is 0 Å². The van der Waals surface area contributed by atoms with E-state index >= 15 is 0 Å². The molecule has 0 aliphatic carbocycles. The summed E-state index contributed by atoms with van der Waals surface area (Å²) in [6.45, 7) is 9.56. The average Bonchev–Trinajstić information content (AvgIpc) is 2.86. The van der Waals surface area contributed by atoms with Gasteiger partial charge in [0.2, 0.25) is 0 Å². The molecule has 0 fully saturated rings. The fraction of sp³-hybridized carbons (Fsp3) is 0.421. The van der Waals surface area contributed by atoms with Gasteiger partial charge in [0.05, 0.1) is 5.69 Å². The minimum Gasteiger partial charge on any atom is -0.481 e. The number of carboxylic acid groups (broad SMARTS) is 1. The highest BCUT2D eigenvalue weighted by Gasteiger charge is 2.24. The Balaban J connectivity index is 2.21. The second-order valence-electron chi connectivity index (χ2n) is 7.16. The molecule has 0 bridgehead atoms. The van der Waals surface area contributed by atoms with Crippen molar-refractivity contribution in [2.24, 2.45) is 0 Å². The number of benzene rings is 1. The Labute approximate surface area is 147 Å². The lowest BCUT2D eigenvalue weighted by molar-refractivity contribution is -0.137. The molecule has 2 N–H and O–H groups in total. The molecule has 0 unspecified atom stereocenters. The van der Waals surface area contributed by atoms with Crippen molar-refractivity contribution in [3.63, 3.8) is 0 Å². The molecule has 0 aliphatic rings. The number of rotatable bonds is 6. The zero-order valence-electron chi connectivity index (χ0n) is 15.4. The molecule has 2 rings (SSSR count). The molecule has 0 saturated heterocycles. The Kier molecular flexibility index (Phi) is 5.30. The first-order chi connectivity index (χ1) is 11.6. The zero-order chi connectivity index (χ0) is 18.8. The second-order valence-corrected chi connectivity index (χ2v) is 7.16. The van der Waals surface area contributed by atoms with Crippen molar-refractivity contribution < 1.29 is 14.7 Å². The van der Waals surface area contributed by atoms with Crippen LogP contribution >= 0.6 is 0 Å². The van der Waals surface area contributed by atoms with Gasteiger partial charge in [-0.05, 0) is 70.4 Å². The van der Waals surface area contributed by atoms with Crippen molar-refractivity contribution >= 4 is 11.9 Å². The van der Waals surface area contributed by atoms with Crippen LogP contribution in [0.15, 0.2) is 24.3 Å². The van der Waals surface area contributed by atoms with Gasteiger partial charge in [-0.25, -0.2) is 4.68 Å². The van der Waals surface area contributed by atoms with Crippen molar-refractivity contribution in [2.45, 2.75) is 53.0 Å². The smallest absolute Gasteiger partial charge is 0.303 e. The van der Waals surface area contributed by atoms with Crippen LogP contribution in [-0.4, -0.2) is 32.3 Å². The van der Waals surface area contributed by atoms with Crippen LogP contribution in [0.2, 0.25) is 0 Å². The van der Waals surface area contributed by atoms with Crippen molar-refractivity contribution in [1.82, 2.24) is 15.1 Å². The Bertz CT molecular complexity index is 786. The van der Waals surface area contributed by atoms with Gasteiger partial charge < -0.3 is 10.4 Å². The number of amides is 1. The van der Waals surface area contributed by atoms with Crippen LogP contribution in [0.5, 0.6) is 0 Å². The molecule has 25 heavy (non-hydrogen) atoms. The van der Waals surface area contributed by atoms with Gasteiger partial charge in [-0.1, -0.05) is 6.07 Å². The highest BCUT2D eigenvalue weighted by molar-refractivity contribution is 5.93. The predicted molar refractivity (Wildman–Crippen MR) is 96.2 cm³/mol. The first kappa shape index (κ1) is 18.7. The van der Waals surface area contributed by atoms with E-state index in [1.807, 2.05) is 46.8 Å². The van der Waals surface area contributed by atoms with E-state index in [4.69, 9.17) is 5.11 Å². The van der Waals surface area contributed by atoms with Crippen LogP contribution < -0.4 is 5.32 Å². The first-order valence-corrected chi connectivity index (χ1v) is 8.27. The molecule has 0 saturated carbocycles. The van der Waals surface area contributed by atoms with Crippen LogP contribution in [0.25, 0.3) is 5.69 Å². The van der Waals surface area contributed by atoms with E-state index in [9.17, 15) is 9.59 Å². The van der Waals surface area contributed by atoms with Crippen LogP contribution in [0, 0.1) is 20.8 Å².